The number of para-hydroxylation sites is 1. The van der Waals surface area contributed by atoms with Crippen LogP contribution in [0.1, 0.15) is 46.2 Å². The van der Waals surface area contributed by atoms with E-state index in [1.165, 1.54) is 11.1 Å². The van der Waals surface area contributed by atoms with Gasteiger partial charge >= 0.3 is 5.97 Å². The summed E-state index contributed by atoms with van der Waals surface area (Å²) < 4.78 is 15.0. The lowest BCUT2D eigenvalue weighted by molar-refractivity contribution is -0.137. The second-order valence-electron chi connectivity index (χ2n) is 10.8. The number of carbonyl (C=O) groups excluding carboxylic acids is 1. The van der Waals surface area contributed by atoms with Crippen LogP contribution in [0.25, 0.3) is 10.9 Å². The highest BCUT2D eigenvalue weighted by atomic mass is 32.1. The van der Waals surface area contributed by atoms with Crippen LogP contribution < -0.4 is 0 Å². The van der Waals surface area contributed by atoms with E-state index in [4.69, 9.17) is 0 Å². The Hall–Kier alpha value is -3.49. The molecule has 0 saturated carbocycles. The summed E-state index contributed by atoms with van der Waals surface area (Å²) in [7, 11) is 0. The molecule has 39 heavy (non-hydrogen) atoms. The summed E-state index contributed by atoms with van der Waals surface area (Å²) in [6, 6.07) is 16.6. The average Bonchev–Trinajstić information content (AvgIpc) is 3.69. The predicted molar refractivity (Wildman–Crippen MR) is 151 cm³/mol. The van der Waals surface area contributed by atoms with Crippen LogP contribution in [0, 0.1) is 11.7 Å². The quantitative estimate of drug-likeness (QED) is 0.325. The number of amides is 1. The molecule has 6 rings (SSSR count). The van der Waals surface area contributed by atoms with Gasteiger partial charge in [0.15, 0.2) is 0 Å². The number of carbonyl (C=O) groups is 2. The van der Waals surface area contributed by atoms with Crippen molar-refractivity contribution >= 4 is 34.1 Å². The van der Waals surface area contributed by atoms with E-state index in [1.54, 1.807) is 34.2 Å². The van der Waals surface area contributed by atoms with Gasteiger partial charge in [0.05, 0.1) is 11.1 Å². The van der Waals surface area contributed by atoms with Crippen LogP contribution in [0.15, 0.2) is 71.6 Å². The molecule has 2 aliphatic rings. The minimum absolute atomic E-state index is 0.0383. The maximum Gasteiger partial charge on any atom is 0.323 e. The molecule has 2 aromatic carbocycles. The van der Waals surface area contributed by atoms with Crippen molar-refractivity contribution in [3.05, 3.63) is 94.1 Å². The second kappa shape index (κ2) is 10.9. The van der Waals surface area contributed by atoms with E-state index in [2.05, 4.69) is 21.7 Å². The van der Waals surface area contributed by atoms with Crippen molar-refractivity contribution in [3.63, 3.8) is 0 Å². The normalized spacial score (nSPS) is 20.6. The standard InChI is InChI=1S/C31H32FN3O3S/c32-26-6-4-21(5-7-26)22-8-12-33(13-9-22)16-25-17-35(18-28(25)24-11-15-39-20-24)31(38)27-3-1-2-23-10-14-34(30(23)27)19-29(36)37/h1-7,10-11,14-15,20,22,25,28H,8-9,12-13,16-19H2,(H,36,37)/t25-,28+/m1/s1. The molecule has 8 heteroatoms. The van der Waals surface area contributed by atoms with Crippen molar-refractivity contribution in [2.75, 3.05) is 32.7 Å². The zero-order valence-electron chi connectivity index (χ0n) is 21.7. The molecule has 0 aliphatic carbocycles. The number of aliphatic carboxylic acids is 1. The van der Waals surface area contributed by atoms with Gasteiger partial charge in [0, 0.05) is 37.1 Å². The Morgan fingerprint density at radius 2 is 1.77 bits per heavy atom. The van der Waals surface area contributed by atoms with Crippen molar-refractivity contribution in [2.24, 2.45) is 5.92 Å². The second-order valence-corrected chi connectivity index (χ2v) is 11.6. The lowest BCUT2D eigenvalue weighted by atomic mass is 9.87. The van der Waals surface area contributed by atoms with E-state index < -0.39 is 5.97 Å². The van der Waals surface area contributed by atoms with E-state index in [0.717, 1.165) is 37.9 Å². The molecule has 2 aromatic heterocycles. The lowest BCUT2D eigenvalue weighted by Gasteiger charge is -2.34. The Kier molecular flexibility index (Phi) is 7.23. The molecule has 0 radical (unpaired) electrons. The molecule has 2 atom stereocenters. The summed E-state index contributed by atoms with van der Waals surface area (Å²) in [5.41, 5.74) is 3.74. The number of likely N-dealkylation sites (tertiary alicyclic amines) is 2. The first-order chi connectivity index (χ1) is 19.0. The van der Waals surface area contributed by atoms with E-state index in [1.807, 2.05) is 41.3 Å². The van der Waals surface area contributed by atoms with Crippen LogP contribution >= 0.6 is 11.3 Å². The van der Waals surface area contributed by atoms with Crippen molar-refractivity contribution in [2.45, 2.75) is 31.2 Å². The number of halogens is 1. The summed E-state index contributed by atoms with van der Waals surface area (Å²) in [6.45, 7) is 4.06. The molecular formula is C31H32FN3O3S. The van der Waals surface area contributed by atoms with Gasteiger partial charge in [-0.05, 0) is 90.0 Å². The molecule has 6 nitrogen and oxygen atoms in total. The molecule has 202 valence electrons. The van der Waals surface area contributed by atoms with Crippen LogP contribution in [0.5, 0.6) is 0 Å². The predicted octanol–water partition coefficient (Wildman–Crippen LogP) is 5.66. The SMILES string of the molecule is O=C(O)Cn1ccc2cccc(C(=O)N3C[C@@H](CN4CCC(c5ccc(F)cc5)CC4)[C@H](c4ccsc4)C3)c21. The highest BCUT2D eigenvalue weighted by Crippen LogP contribution is 2.37. The number of nitrogens with zero attached hydrogens (tertiary/aromatic N) is 3. The molecule has 2 saturated heterocycles. The van der Waals surface area contributed by atoms with Gasteiger partial charge in [0.2, 0.25) is 0 Å². The highest BCUT2D eigenvalue weighted by molar-refractivity contribution is 7.08. The maximum absolute atomic E-state index is 13.9. The largest absolute Gasteiger partial charge is 0.480 e. The summed E-state index contributed by atoms with van der Waals surface area (Å²) in [5, 5.41) is 14.5. The third-order valence-electron chi connectivity index (χ3n) is 8.45. The minimum Gasteiger partial charge on any atom is -0.480 e. The van der Waals surface area contributed by atoms with Gasteiger partial charge in [-0.2, -0.15) is 11.3 Å². The highest BCUT2D eigenvalue weighted by Gasteiger charge is 2.38. The fourth-order valence-corrected chi connectivity index (χ4v) is 7.21. The number of fused-ring (bicyclic) bond motifs is 1. The topological polar surface area (TPSA) is 65.8 Å². The monoisotopic (exact) mass is 545 g/mol. The number of piperidine rings is 1. The number of rotatable bonds is 7. The van der Waals surface area contributed by atoms with Crippen LogP contribution in [-0.2, 0) is 11.3 Å². The molecule has 2 aliphatic heterocycles. The zero-order chi connectivity index (χ0) is 26.9. The van der Waals surface area contributed by atoms with Gasteiger partial charge < -0.3 is 19.5 Å². The van der Waals surface area contributed by atoms with Crippen LogP contribution in [0.2, 0.25) is 0 Å². The third kappa shape index (κ3) is 5.36. The molecule has 0 bridgehead atoms. The van der Waals surface area contributed by atoms with Crippen LogP contribution in [0.3, 0.4) is 0 Å². The molecule has 1 amide bonds. The van der Waals surface area contributed by atoms with E-state index in [0.29, 0.717) is 36.0 Å². The molecule has 4 aromatic rings. The number of hydrogen-bond donors (Lipinski definition) is 1. The Balaban J connectivity index is 1.19. The Morgan fingerprint density at radius 3 is 2.49 bits per heavy atom. The van der Waals surface area contributed by atoms with Gasteiger partial charge in [-0.3, -0.25) is 9.59 Å². The van der Waals surface area contributed by atoms with E-state index in [9.17, 15) is 19.1 Å². The van der Waals surface area contributed by atoms with Crippen molar-refractivity contribution in [1.82, 2.24) is 14.4 Å². The fraction of sp³-hybridized carbons (Fsp3) is 0.355. The van der Waals surface area contributed by atoms with E-state index >= 15 is 0 Å². The molecule has 1 N–H and O–H groups in total. The first kappa shape index (κ1) is 25.8. The van der Waals surface area contributed by atoms with Gasteiger partial charge in [0.1, 0.15) is 12.4 Å². The van der Waals surface area contributed by atoms with Crippen LogP contribution in [-0.4, -0.2) is 64.1 Å². The van der Waals surface area contributed by atoms with Crippen molar-refractivity contribution < 1.29 is 19.1 Å². The first-order valence-corrected chi connectivity index (χ1v) is 14.5. The number of aromatic nitrogens is 1. The van der Waals surface area contributed by atoms with Gasteiger partial charge in [0.25, 0.3) is 5.91 Å². The van der Waals surface area contributed by atoms with Gasteiger partial charge in [-0.15, -0.1) is 0 Å². The van der Waals surface area contributed by atoms with Gasteiger partial charge in [-0.25, -0.2) is 4.39 Å². The molecule has 0 unspecified atom stereocenters. The minimum atomic E-state index is -0.934. The third-order valence-corrected chi connectivity index (χ3v) is 9.15. The van der Waals surface area contributed by atoms with Crippen molar-refractivity contribution in [1.29, 1.82) is 0 Å². The zero-order valence-corrected chi connectivity index (χ0v) is 22.5. The Bertz CT molecular complexity index is 1460. The summed E-state index contributed by atoms with van der Waals surface area (Å²) >= 11 is 1.69. The molecule has 4 heterocycles. The number of carboxylic acid groups (broad SMARTS) is 1. The van der Waals surface area contributed by atoms with Crippen molar-refractivity contribution in [3.8, 4) is 0 Å². The summed E-state index contributed by atoms with van der Waals surface area (Å²) in [6.07, 6.45) is 3.84. The number of carboxylic acids is 1. The smallest absolute Gasteiger partial charge is 0.323 e. The summed E-state index contributed by atoms with van der Waals surface area (Å²) in [4.78, 5) is 29.8. The average molecular weight is 546 g/mol. The number of hydrogen-bond acceptors (Lipinski definition) is 4. The summed E-state index contributed by atoms with van der Waals surface area (Å²) in [5.74, 6) is -0.127. The fourth-order valence-electron chi connectivity index (χ4n) is 6.48. The Morgan fingerprint density at radius 1 is 0.974 bits per heavy atom. The lowest BCUT2D eigenvalue weighted by Crippen LogP contribution is -2.38. The number of benzene rings is 2. The molecule has 2 fully saturated rings. The number of thiophene rings is 1. The first-order valence-electron chi connectivity index (χ1n) is 13.5. The van der Waals surface area contributed by atoms with E-state index in [-0.39, 0.29) is 24.2 Å². The Labute approximate surface area is 231 Å². The van der Waals surface area contributed by atoms with Gasteiger partial charge in [-0.1, -0.05) is 24.3 Å². The molecule has 0 spiro atoms. The van der Waals surface area contributed by atoms with Crippen LogP contribution in [0.4, 0.5) is 4.39 Å². The maximum atomic E-state index is 13.9. The molecular weight excluding hydrogens is 513 g/mol.